The average Bonchev–Trinajstić information content (AvgIpc) is 2.47. The van der Waals surface area contributed by atoms with E-state index in [1.165, 1.54) is 10.9 Å². The molecule has 0 bridgehead atoms. The van der Waals surface area contributed by atoms with Crippen LogP contribution in [0.25, 0.3) is 10.9 Å². The number of hydrogen-bond acceptors (Lipinski definition) is 2. The number of aryl methyl sites for hydroxylation is 1. The SMILES string of the molecule is Cc1cc(SCc2c(Cl)cccc2Cl)nc2ccccc12. The minimum absolute atomic E-state index is 0.701. The van der Waals surface area contributed by atoms with Gasteiger partial charge in [0.2, 0.25) is 0 Å². The molecule has 3 rings (SSSR count). The molecule has 1 aromatic heterocycles. The monoisotopic (exact) mass is 333 g/mol. The number of halogens is 2. The van der Waals surface area contributed by atoms with Crippen LogP contribution in [0.2, 0.25) is 10.0 Å². The summed E-state index contributed by atoms with van der Waals surface area (Å²) in [5.41, 5.74) is 3.21. The van der Waals surface area contributed by atoms with Crippen LogP contribution in [0.1, 0.15) is 11.1 Å². The summed E-state index contributed by atoms with van der Waals surface area (Å²) in [6.45, 7) is 2.11. The Hall–Kier alpha value is -1.22. The predicted octanol–water partition coefficient (Wildman–Crippen LogP) is 6.14. The Morgan fingerprint density at radius 3 is 2.48 bits per heavy atom. The molecule has 0 N–H and O–H groups in total. The van der Waals surface area contributed by atoms with E-state index in [1.54, 1.807) is 11.8 Å². The lowest BCUT2D eigenvalue weighted by Crippen LogP contribution is -1.89. The zero-order valence-corrected chi connectivity index (χ0v) is 13.8. The highest BCUT2D eigenvalue weighted by Crippen LogP contribution is 2.32. The van der Waals surface area contributed by atoms with Crippen LogP contribution >= 0.6 is 35.0 Å². The molecule has 0 atom stereocenters. The first-order valence-electron chi connectivity index (χ1n) is 6.57. The smallest absolute Gasteiger partial charge is 0.0973 e. The fourth-order valence-electron chi connectivity index (χ4n) is 2.21. The van der Waals surface area contributed by atoms with Crippen molar-refractivity contribution in [2.45, 2.75) is 17.7 Å². The second-order valence-corrected chi connectivity index (χ2v) is 6.59. The molecular formula is C17H13Cl2NS. The number of thioether (sulfide) groups is 1. The van der Waals surface area contributed by atoms with Crippen molar-refractivity contribution in [3.05, 3.63) is 69.7 Å². The Morgan fingerprint density at radius 2 is 1.71 bits per heavy atom. The summed E-state index contributed by atoms with van der Waals surface area (Å²) in [5.74, 6) is 0.712. The van der Waals surface area contributed by atoms with Crippen LogP contribution in [0.4, 0.5) is 0 Å². The van der Waals surface area contributed by atoms with Crippen LogP contribution in [0, 0.1) is 6.92 Å². The van der Waals surface area contributed by atoms with Gasteiger partial charge in [0.05, 0.1) is 10.5 Å². The molecule has 106 valence electrons. The predicted molar refractivity (Wildman–Crippen MR) is 92.5 cm³/mol. The Balaban J connectivity index is 1.89. The minimum atomic E-state index is 0.701. The van der Waals surface area contributed by atoms with Crippen LogP contribution in [0.15, 0.2) is 53.6 Å². The van der Waals surface area contributed by atoms with Gasteiger partial charge in [0.1, 0.15) is 0 Å². The maximum atomic E-state index is 6.20. The highest BCUT2D eigenvalue weighted by Gasteiger charge is 2.08. The van der Waals surface area contributed by atoms with E-state index in [1.807, 2.05) is 36.4 Å². The first-order valence-corrected chi connectivity index (χ1v) is 8.31. The third-order valence-corrected chi connectivity index (χ3v) is 4.97. The van der Waals surface area contributed by atoms with Crippen LogP contribution < -0.4 is 0 Å². The number of fused-ring (bicyclic) bond motifs is 1. The number of para-hydroxylation sites is 1. The zero-order valence-electron chi connectivity index (χ0n) is 11.4. The highest BCUT2D eigenvalue weighted by atomic mass is 35.5. The molecule has 3 aromatic rings. The summed E-state index contributed by atoms with van der Waals surface area (Å²) in [7, 11) is 0. The molecule has 0 aliphatic heterocycles. The summed E-state index contributed by atoms with van der Waals surface area (Å²) >= 11 is 14.1. The van der Waals surface area contributed by atoms with Crippen LogP contribution in [-0.4, -0.2) is 4.98 Å². The number of hydrogen-bond donors (Lipinski definition) is 0. The van der Waals surface area contributed by atoms with Gasteiger partial charge in [-0.1, -0.05) is 47.5 Å². The summed E-state index contributed by atoms with van der Waals surface area (Å²) in [6, 6.07) is 15.9. The minimum Gasteiger partial charge on any atom is -0.241 e. The highest BCUT2D eigenvalue weighted by molar-refractivity contribution is 7.98. The van der Waals surface area contributed by atoms with Gasteiger partial charge >= 0.3 is 0 Å². The second-order valence-electron chi connectivity index (χ2n) is 4.78. The molecule has 0 amide bonds. The first kappa shape index (κ1) is 14.7. The summed E-state index contributed by atoms with van der Waals surface area (Å²) in [4.78, 5) is 4.69. The fourth-order valence-corrected chi connectivity index (χ4v) is 3.92. The molecule has 0 saturated heterocycles. The normalized spacial score (nSPS) is 11.0. The lowest BCUT2D eigenvalue weighted by molar-refractivity contribution is 1.16. The van der Waals surface area contributed by atoms with E-state index in [0.29, 0.717) is 15.8 Å². The molecule has 21 heavy (non-hydrogen) atoms. The molecule has 0 saturated carbocycles. The lowest BCUT2D eigenvalue weighted by atomic mass is 10.1. The standard InChI is InChI=1S/C17H13Cl2NS/c1-11-9-17(20-16-8-3-2-5-12(11)16)21-10-13-14(18)6-4-7-15(13)19/h2-9H,10H2,1H3. The maximum Gasteiger partial charge on any atom is 0.0973 e. The van der Waals surface area contributed by atoms with E-state index in [-0.39, 0.29) is 0 Å². The van der Waals surface area contributed by atoms with E-state index in [4.69, 9.17) is 23.2 Å². The molecule has 2 aromatic carbocycles. The summed E-state index contributed by atoms with van der Waals surface area (Å²) in [6.07, 6.45) is 0. The van der Waals surface area contributed by atoms with Crippen LogP contribution in [-0.2, 0) is 5.75 Å². The van der Waals surface area contributed by atoms with Gasteiger partial charge in [0.15, 0.2) is 0 Å². The van der Waals surface area contributed by atoms with Gasteiger partial charge in [-0.05, 0) is 42.3 Å². The Kier molecular flexibility index (Phi) is 4.39. The molecule has 0 aliphatic rings. The van der Waals surface area contributed by atoms with Gasteiger partial charge in [-0.3, -0.25) is 0 Å². The Labute approximate surface area is 138 Å². The Morgan fingerprint density at radius 1 is 1.00 bits per heavy atom. The number of benzene rings is 2. The molecule has 0 fully saturated rings. The van der Waals surface area contributed by atoms with E-state index < -0.39 is 0 Å². The van der Waals surface area contributed by atoms with Crippen molar-refractivity contribution >= 4 is 45.9 Å². The first-order chi connectivity index (χ1) is 10.1. The fraction of sp³-hybridized carbons (Fsp3) is 0.118. The van der Waals surface area contributed by atoms with E-state index in [0.717, 1.165) is 16.1 Å². The van der Waals surface area contributed by atoms with Crippen LogP contribution in [0.3, 0.4) is 0 Å². The maximum absolute atomic E-state index is 6.20. The van der Waals surface area contributed by atoms with Crippen molar-refractivity contribution in [1.82, 2.24) is 4.98 Å². The molecule has 0 spiro atoms. The number of nitrogens with zero attached hydrogens (tertiary/aromatic N) is 1. The quantitative estimate of drug-likeness (QED) is 0.533. The van der Waals surface area contributed by atoms with Gasteiger partial charge in [-0.25, -0.2) is 4.98 Å². The van der Waals surface area contributed by atoms with Crippen molar-refractivity contribution in [2.75, 3.05) is 0 Å². The van der Waals surface area contributed by atoms with Crippen molar-refractivity contribution in [2.24, 2.45) is 0 Å². The summed E-state index contributed by atoms with van der Waals surface area (Å²) in [5, 5.41) is 3.58. The topological polar surface area (TPSA) is 12.9 Å². The Bertz CT molecular complexity index is 782. The van der Waals surface area contributed by atoms with E-state index in [2.05, 4.69) is 24.0 Å². The molecule has 4 heteroatoms. The summed E-state index contributed by atoms with van der Waals surface area (Å²) < 4.78 is 0. The van der Waals surface area contributed by atoms with Gasteiger partial charge in [0, 0.05) is 21.2 Å². The molecule has 0 radical (unpaired) electrons. The lowest BCUT2D eigenvalue weighted by Gasteiger charge is -2.08. The molecule has 0 aliphatic carbocycles. The molecule has 1 heterocycles. The van der Waals surface area contributed by atoms with Gasteiger partial charge in [-0.2, -0.15) is 0 Å². The number of pyridine rings is 1. The second kappa shape index (κ2) is 6.27. The van der Waals surface area contributed by atoms with Crippen molar-refractivity contribution < 1.29 is 0 Å². The zero-order chi connectivity index (χ0) is 14.8. The average molecular weight is 334 g/mol. The van der Waals surface area contributed by atoms with Crippen LogP contribution in [0.5, 0.6) is 0 Å². The van der Waals surface area contributed by atoms with Crippen molar-refractivity contribution in [1.29, 1.82) is 0 Å². The number of rotatable bonds is 3. The van der Waals surface area contributed by atoms with Gasteiger partial charge in [-0.15, -0.1) is 11.8 Å². The van der Waals surface area contributed by atoms with Gasteiger partial charge in [0.25, 0.3) is 0 Å². The van der Waals surface area contributed by atoms with Crippen molar-refractivity contribution in [3.63, 3.8) is 0 Å². The third kappa shape index (κ3) is 3.18. The van der Waals surface area contributed by atoms with Gasteiger partial charge < -0.3 is 0 Å². The molecular weight excluding hydrogens is 321 g/mol. The molecule has 1 nitrogen and oxygen atoms in total. The van der Waals surface area contributed by atoms with E-state index in [9.17, 15) is 0 Å². The van der Waals surface area contributed by atoms with Crippen molar-refractivity contribution in [3.8, 4) is 0 Å². The largest absolute Gasteiger partial charge is 0.241 e. The third-order valence-electron chi connectivity index (χ3n) is 3.33. The molecule has 0 unspecified atom stereocenters. The van der Waals surface area contributed by atoms with E-state index >= 15 is 0 Å². The number of aromatic nitrogens is 1.